The van der Waals surface area contributed by atoms with Crippen molar-refractivity contribution >= 4 is 41.3 Å². The van der Waals surface area contributed by atoms with Crippen molar-refractivity contribution in [1.29, 1.82) is 0 Å². The van der Waals surface area contributed by atoms with E-state index in [1.807, 2.05) is 0 Å². The second-order valence-electron chi connectivity index (χ2n) is 7.73. The molecule has 0 spiro atoms. The highest BCUT2D eigenvalue weighted by Gasteiger charge is 2.31. The fourth-order valence-electron chi connectivity index (χ4n) is 3.58. The molecule has 4 rings (SSSR count). The van der Waals surface area contributed by atoms with E-state index < -0.39 is 35.7 Å². The van der Waals surface area contributed by atoms with E-state index in [-0.39, 0.29) is 32.6 Å². The molecule has 7 nitrogen and oxygen atoms in total. The third-order valence-corrected chi connectivity index (χ3v) is 10.7. The summed E-state index contributed by atoms with van der Waals surface area (Å²) >= 11 is 5.83. The summed E-state index contributed by atoms with van der Waals surface area (Å²) in [5.41, 5.74) is 1.41. The van der Waals surface area contributed by atoms with E-state index >= 15 is 0 Å². The zero-order chi connectivity index (χ0) is 23.9. The fraction of sp³-hybridized carbons (Fsp3) is 0.182. The van der Waals surface area contributed by atoms with Crippen LogP contribution in [0.5, 0.6) is 0 Å². The molecule has 1 aliphatic heterocycles. The molecule has 1 atom stereocenters. The van der Waals surface area contributed by atoms with Gasteiger partial charge in [-0.1, -0.05) is 35.9 Å². The highest BCUT2D eigenvalue weighted by Crippen LogP contribution is 2.27. The Labute approximate surface area is 198 Å². The summed E-state index contributed by atoms with van der Waals surface area (Å²) in [6.07, 6.45) is 0.255. The van der Waals surface area contributed by atoms with E-state index in [2.05, 4.69) is 4.72 Å². The molecule has 11 heteroatoms. The van der Waals surface area contributed by atoms with Crippen molar-refractivity contribution in [2.24, 2.45) is 0 Å². The van der Waals surface area contributed by atoms with Crippen molar-refractivity contribution in [3.05, 3.63) is 77.8 Å². The van der Waals surface area contributed by atoms with Crippen LogP contribution < -0.4 is 4.72 Å². The molecule has 33 heavy (non-hydrogen) atoms. The Morgan fingerprint density at radius 2 is 1.18 bits per heavy atom. The average molecular weight is 526 g/mol. The van der Waals surface area contributed by atoms with Crippen molar-refractivity contribution in [2.45, 2.75) is 27.1 Å². The van der Waals surface area contributed by atoms with E-state index in [1.54, 1.807) is 24.3 Å². The summed E-state index contributed by atoms with van der Waals surface area (Å²) in [7, 11) is -10.7. The number of hydrogen-bond acceptors (Lipinski definition) is 6. The van der Waals surface area contributed by atoms with Gasteiger partial charge in [-0.15, -0.1) is 0 Å². The highest BCUT2D eigenvalue weighted by molar-refractivity contribution is 7.92. The lowest BCUT2D eigenvalue weighted by Gasteiger charge is -2.12. The third-order valence-electron chi connectivity index (χ3n) is 5.34. The Hall–Kier alpha value is -2.24. The van der Waals surface area contributed by atoms with Gasteiger partial charge in [0.2, 0.25) is 19.9 Å². The van der Waals surface area contributed by atoms with Crippen LogP contribution in [0.25, 0.3) is 11.1 Å². The highest BCUT2D eigenvalue weighted by atomic mass is 35.5. The summed E-state index contributed by atoms with van der Waals surface area (Å²) in [5, 5.41) is 0.443. The first-order chi connectivity index (χ1) is 15.5. The molecule has 0 aromatic heterocycles. The Kier molecular flexibility index (Phi) is 6.41. The summed E-state index contributed by atoms with van der Waals surface area (Å²) in [6, 6.07) is 17.6. The van der Waals surface area contributed by atoms with Gasteiger partial charge in [0.25, 0.3) is 0 Å². The van der Waals surface area contributed by atoms with Gasteiger partial charge in [-0.3, -0.25) is 0 Å². The van der Waals surface area contributed by atoms with E-state index in [1.165, 1.54) is 48.5 Å². The first kappa shape index (κ1) is 23.9. The van der Waals surface area contributed by atoms with Crippen LogP contribution in [0.15, 0.2) is 87.5 Å². The van der Waals surface area contributed by atoms with Gasteiger partial charge < -0.3 is 0 Å². The molecule has 0 bridgehead atoms. The second kappa shape index (κ2) is 8.84. The van der Waals surface area contributed by atoms with E-state index in [0.29, 0.717) is 16.1 Å². The predicted octanol–water partition coefficient (Wildman–Crippen LogP) is 3.31. The SMILES string of the molecule is O=S1(=O)CC[C@H](NS(=O)(=O)c2ccc(-c3ccc(S(=O)(=O)c4ccc(Cl)cc4)cc3)cc2)C1. The molecule has 1 N–H and O–H groups in total. The Bertz CT molecular complexity index is 1480. The van der Waals surface area contributed by atoms with Crippen molar-refractivity contribution in [3.63, 3.8) is 0 Å². The maximum absolute atomic E-state index is 12.8. The minimum atomic E-state index is -3.86. The molecule has 0 unspecified atom stereocenters. The largest absolute Gasteiger partial charge is 0.240 e. The van der Waals surface area contributed by atoms with Gasteiger partial charge in [0, 0.05) is 11.1 Å². The summed E-state index contributed by atoms with van der Waals surface area (Å²) < 4.78 is 76.3. The lowest BCUT2D eigenvalue weighted by molar-refractivity contribution is 0.562. The van der Waals surface area contributed by atoms with E-state index in [9.17, 15) is 25.3 Å². The van der Waals surface area contributed by atoms with Gasteiger partial charge >= 0.3 is 0 Å². The standard InChI is InChI=1S/C22H20ClNO6S3/c23-18-5-11-21(12-6-18)32(27,28)20-7-1-16(2-8-20)17-3-9-22(10-4-17)33(29,30)24-19-13-14-31(25,26)15-19/h1-12,19,24H,13-15H2/t19-/m0/s1. The molecule has 0 radical (unpaired) electrons. The number of rotatable bonds is 6. The fourth-order valence-corrected chi connectivity index (χ4v) is 8.01. The summed E-state index contributed by atoms with van der Waals surface area (Å²) in [6.45, 7) is 0. The second-order valence-corrected chi connectivity index (χ2v) is 14.1. The van der Waals surface area contributed by atoms with Crippen LogP contribution in [-0.2, 0) is 29.7 Å². The van der Waals surface area contributed by atoms with Crippen LogP contribution in [0.2, 0.25) is 5.02 Å². The van der Waals surface area contributed by atoms with Crippen LogP contribution in [-0.4, -0.2) is 42.8 Å². The normalized spacial score (nSPS) is 18.3. The van der Waals surface area contributed by atoms with Crippen LogP contribution in [0.1, 0.15) is 6.42 Å². The lowest BCUT2D eigenvalue weighted by Crippen LogP contribution is -2.35. The number of halogens is 1. The Morgan fingerprint density at radius 3 is 1.64 bits per heavy atom. The lowest BCUT2D eigenvalue weighted by atomic mass is 10.1. The van der Waals surface area contributed by atoms with Gasteiger partial charge in [0.05, 0.1) is 26.2 Å². The number of hydrogen-bond donors (Lipinski definition) is 1. The van der Waals surface area contributed by atoms with Gasteiger partial charge in [-0.05, 0) is 66.1 Å². The Morgan fingerprint density at radius 1 is 0.727 bits per heavy atom. The first-order valence-corrected chi connectivity index (χ1v) is 15.1. The topological polar surface area (TPSA) is 114 Å². The Balaban J connectivity index is 1.52. The number of benzene rings is 3. The number of sulfonamides is 1. The van der Waals surface area contributed by atoms with Gasteiger partial charge in [0.1, 0.15) is 0 Å². The van der Waals surface area contributed by atoms with Crippen molar-refractivity contribution in [2.75, 3.05) is 11.5 Å². The monoisotopic (exact) mass is 525 g/mol. The predicted molar refractivity (Wildman–Crippen MR) is 126 cm³/mol. The molecular weight excluding hydrogens is 506 g/mol. The van der Waals surface area contributed by atoms with Crippen LogP contribution in [0.4, 0.5) is 0 Å². The molecule has 1 saturated heterocycles. The van der Waals surface area contributed by atoms with E-state index in [0.717, 1.165) is 0 Å². The van der Waals surface area contributed by atoms with Gasteiger partial charge in [0.15, 0.2) is 9.84 Å². The molecule has 0 aliphatic carbocycles. The van der Waals surface area contributed by atoms with E-state index in [4.69, 9.17) is 11.6 Å². The van der Waals surface area contributed by atoms with Gasteiger partial charge in [-0.2, -0.15) is 0 Å². The molecule has 0 amide bonds. The summed E-state index contributed by atoms with van der Waals surface area (Å²) in [4.78, 5) is 0.290. The molecule has 0 saturated carbocycles. The van der Waals surface area contributed by atoms with Crippen molar-refractivity contribution < 1.29 is 25.3 Å². The maximum atomic E-state index is 12.8. The van der Waals surface area contributed by atoms with Crippen molar-refractivity contribution in [1.82, 2.24) is 4.72 Å². The number of sulfone groups is 2. The third kappa shape index (κ3) is 5.30. The molecule has 3 aromatic carbocycles. The quantitative estimate of drug-likeness (QED) is 0.528. The molecule has 1 heterocycles. The molecule has 3 aromatic rings. The maximum Gasteiger partial charge on any atom is 0.240 e. The number of nitrogens with one attached hydrogen (secondary N) is 1. The average Bonchev–Trinajstić information content (AvgIpc) is 3.11. The molecule has 1 fully saturated rings. The van der Waals surface area contributed by atoms with Crippen LogP contribution in [0, 0.1) is 0 Å². The molecule has 1 aliphatic rings. The molecular formula is C22H20ClNO6S3. The zero-order valence-corrected chi connectivity index (χ0v) is 20.4. The molecule has 174 valence electrons. The summed E-state index contributed by atoms with van der Waals surface area (Å²) in [5.74, 6) is -0.224. The minimum absolute atomic E-state index is 0.0249. The van der Waals surface area contributed by atoms with Crippen LogP contribution in [0.3, 0.4) is 0 Å². The van der Waals surface area contributed by atoms with Crippen molar-refractivity contribution in [3.8, 4) is 11.1 Å². The minimum Gasteiger partial charge on any atom is -0.229 e. The first-order valence-electron chi connectivity index (χ1n) is 9.90. The van der Waals surface area contributed by atoms with Crippen LogP contribution >= 0.6 is 11.6 Å². The zero-order valence-electron chi connectivity index (χ0n) is 17.2. The van der Waals surface area contributed by atoms with Gasteiger partial charge in [-0.25, -0.2) is 30.0 Å². The smallest absolute Gasteiger partial charge is 0.229 e.